The number of benzene rings is 1. The van der Waals surface area contributed by atoms with Crippen molar-refractivity contribution in [2.75, 3.05) is 18.0 Å². The van der Waals surface area contributed by atoms with Gasteiger partial charge in [0.2, 0.25) is 11.8 Å². The molecule has 1 spiro atoms. The normalized spacial score (nSPS) is 24.9. The minimum atomic E-state index is -4.75. The lowest BCUT2D eigenvalue weighted by Gasteiger charge is -2.31. The number of hydrogen-bond donors (Lipinski definition) is 1. The molecule has 1 atom stereocenters. The van der Waals surface area contributed by atoms with Crippen molar-refractivity contribution in [2.45, 2.75) is 25.6 Å². The van der Waals surface area contributed by atoms with Crippen LogP contribution in [0.2, 0.25) is 0 Å². The largest absolute Gasteiger partial charge is 0.573 e. The van der Waals surface area contributed by atoms with E-state index in [0.29, 0.717) is 31.6 Å². The van der Waals surface area contributed by atoms with E-state index in [9.17, 15) is 22.8 Å². The number of carbonyl (C=O) groups excluding carboxylic acids is 2. The summed E-state index contributed by atoms with van der Waals surface area (Å²) in [6, 6.07) is 5.19. The van der Waals surface area contributed by atoms with Gasteiger partial charge in [-0.1, -0.05) is 0 Å². The van der Waals surface area contributed by atoms with Crippen molar-refractivity contribution < 1.29 is 27.5 Å². The van der Waals surface area contributed by atoms with Gasteiger partial charge in [0.1, 0.15) is 5.75 Å². The van der Waals surface area contributed by atoms with Gasteiger partial charge >= 0.3 is 6.36 Å². The second-order valence-corrected chi connectivity index (χ2v) is 5.81. The highest BCUT2D eigenvalue weighted by atomic mass is 19.4. The molecule has 3 rings (SSSR count). The highest BCUT2D eigenvalue weighted by Gasteiger charge is 2.49. The lowest BCUT2D eigenvalue weighted by Crippen LogP contribution is -2.45. The minimum Gasteiger partial charge on any atom is -0.406 e. The third-order valence-electron chi connectivity index (χ3n) is 4.32. The Labute approximate surface area is 130 Å². The third-order valence-corrected chi connectivity index (χ3v) is 4.32. The molecule has 2 saturated heterocycles. The van der Waals surface area contributed by atoms with E-state index in [-0.39, 0.29) is 24.0 Å². The maximum atomic E-state index is 12.7. The first kappa shape index (κ1) is 15.6. The van der Waals surface area contributed by atoms with Crippen LogP contribution in [0, 0.1) is 5.41 Å². The number of nitrogens with one attached hydrogen (secondary N) is 1. The Bertz CT molecular complexity index is 630. The first-order chi connectivity index (χ1) is 10.8. The molecular weight excluding hydrogens is 313 g/mol. The third kappa shape index (κ3) is 3.11. The molecule has 2 aliphatic rings. The Morgan fingerprint density at radius 2 is 1.83 bits per heavy atom. The molecule has 0 bridgehead atoms. The molecule has 0 aromatic heterocycles. The summed E-state index contributed by atoms with van der Waals surface area (Å²) in [5.41, 5.74) is -0.170. The van der Waals surface area contributed by atoms with Crippen LogP contribution in [0.3, 0.4) is 0 Å². The Morgan fingerprint density at radius 3 is 2.43 bits per heavy atom. The molecule has 124 valence electrons. The molecule has 5 nitrogen and oxygen atoms in total. The SMILES string of the molecule is O=C1C[C@]2(CCN1)CCN(c1ccc(OC(F)(F)F)cc1)C2=O. The molecule has 2 aliphatic heterocycles. The molecule has 23 heavy (non-hydrogen) atoms. The van der Waals surface area contributed by atoms with Crippen molar-refractivity contribution in [3.05, 3.63) is 24.3 Å². The van der Waals surface area contributed by atoms with Gasteiger partial charge < -0.3 is 15.0 Å². The zero-order chi connectivity index (χ0) is 16.7. The topological polar surface area (TPSA) is 58.6 Å². The predicted octanol–water partition coefficient (Wildman–Crippen LogP) is 2.22. The monoisotopic (exact) mass is 328 g/mol. The average Bonchev–Trinajstić information content (AvgIpc) is 2.75. The van der Waals surface area contributed by atoms with Gasteiger partial charge in [0.05, 0.1) is 5.41 Å². The number of hydrogen-bond acceptors (Lipinski definition) is 3. The number of amides is 2. The van der Waals surface area contributed by atoms with Crippen LogP contribution >= 0.6 is 0 Å². The van der Waals surface area contributed by atoms with Gasteiger partial charge in [0, 0.05) is 25.2 Å². The molecular formula is C15H15F3N2O3. The smallest absolute Gasteiger partial charge is 0.406 e. The number of carbonyl (C=O) groups is 2. The second kappa shape index (κ2) is 5.43. The Hall–Kier alpha value is -2.25. The summed E-state index contributed by atoms with van der Waals surface area (Å²) < 4.78 is 40.3. The average molecular weight is 328 g/mol. The summed E-state index contributed by atoms with van der Waals surface area (Å²) in [5.74, 6) is -0.614. The van der Waals surface area contributed by atoms with Gasteiger partial charge in [0.25, 0.3) is 0 Å². The van der Waals surface area contributed by atoms with Crippen LogP contribution < -0.4 is 15.0 Å². The lowest BCUT2D eigenvalue weighted by molar-refractivity contribution is -0.274. The zero-order valence-electron chi connectivity index (χ0n) is 12.2. The van der Waals surface area contributed by atoms with Crippen molar-refractivity contribution >= 4 is 17.5 Å². The molecule has 1 aromatic rings. The van der Waals surface area contributed by atoms with E-state index in [0.717, 1.165) is 0 Å². The molecule has 0 unspecified atom stereocenters. The van der Waals surface area contributed by atoms with Crippen molar-refractivity contribution in [3.8, 4) is 5.75 Å². The van der Waals surface area contributed by atoms with E-state index in [1.807, 2.05) is 0 Å². The zero-order valence-corrected chi connectivity index (χ0v) is 12.2. The van der Waals surface area contributed by atoms with E-state index in [1.165, 1.54) is 29.2 Å². The van der Waals surface area contributed by atoms with Gasteiger partial charge in [-0.05, 0) is 37.1 Å². The maximum Gasteiger partial charge on any atom is 0.573 e. The van der Waals surface area contributed by atoms with E-state index in [2.05, 4.69) is 10.1 Å². The minimum absolute atomic E-state index is 0.139. The van der Waals surface area contributed by atoms with Crippen LogP contribution in [-0.4, -0.2) is 31.3 Å². The number of ether oxygens (including phenoxy) is 1. The maximum absolute atomic E-state index is 12.7. The first-order valence-corrected chi connectivity index (χ1v) is 7.24. The van der Waals surface area contributed by atoms with E-state index >= 15 is 0 Å². The number of rotatable bonds is 2. The van der Waals surface area contributed by atoms with Gasteiger partial charge in [-0.15, -0.1) is 13.2 Å². The summed E-state index contributed by atoms with van der Waals surface area (Å²) in [7, 11) is 0. The van der Waals surface area contributed by atoms with Crippen LogP contribution in [0.1, 0.15) is 19.3 Å². The van der Waals surface area contributed by atoms with Crippen molar-refractivity contribution in [2.24, 2.45) is 5.41 Å². The highest BCUT2D eigenvalue weighted by Crippen LogP contribution is 2.42. The summed E-state index contributed by atoms with van der Waals surface area (Å²) in [6.07, 6.45) is -3.43. The molecule has 2 amide bonds. The standard InChI is InChI=1S/C15H15F3N2O3/c16-15(17,18)23-11-3-1-10(2-4-11)20-8-6-14(13(20)22)5-7-19-12(21)9-14/h1-4H,5-9H2,(H,19,21)/t14-/m0/s1. The Morgan fingerprint density at radius 1 is 1.13 bits per heavy atom. The van der Waals surface area contributed by atoms with Gasteiger partial charge in [-0.25, -0.2) is 0 Å². The molecule has 0 aliphatic carbocycles. The first-order valence-electron chi connectivity index (χ1n) is 7.24. The molecule has 1 aromatic carbocycles. The lowest BCUT2D eigenvalue weighted by atomic mass is 9.77. The summed E-state index contributed by atoms with van der Waals surface area (Å²) in [4.78, 5) is 25.8. The molecule has 0 saturated carbocycles. The molecule has 2 fully saturated rings. The predicted molar refractivity (Wildman–Crippen MR) is 74.8 cm³/mol. The number of halogens is 3. The van der Waals surface area contributed by atoms with E-state index in [4.69, 9.17) is 0 Å². The fourth-order valence-electron chi connectivity index (χ4n) is 3.19. The van der Waals surface area contributed by atoms with Crippen molar-refractivity contribution in [1.82, 2.24) is 5.32 Å². The van der Waals surface area contributed by atoms with Crippen molar-refractivity contribution in [1.29, 1.82) is 0 Å². The van der Waals surface area contributed by atoms with Crippen molar-refractivity contribution in [3.63, 3.8) is 0 Å². The highest BCUT2D eigenvalue weighted by molar-refractivity contribution is 6.02. The number of piperidine rings is 1. The number of nitrogens with zero attached hydrogens (tertiary/aromatic N) is 1. The van der Waals surface area contributed by atoms with Crippen LogP contribution in [0.25, 0.3) is 0 Å². The fourth-order valence-corrected chi connectivity index (χ4v) is 3.19. The number of anilines is 1. The number of alkyl halides is 3. The van der Waals surface area contributed by atoms with Gasteiger partial charge in [-0.3, -0.25) is 9.59 Å². The quantitative estimate of drug-likeness (QED) is 0.906. The summed E-state index contributed by atoms with van der Waals surface area (Å²) >= 11 is 0. The Kier molecular flexibility index (Phi) is 3.69. The van der Waals surface area contributed by atoms with Crippen LogP contribution in [0.5, 0.6) is 5.75 Å². The Balaban J connectivity index is 1.75. The van der Waals surface area contributed by atoms with E-state index in [1.54, 1.807) is 0 Å². The second-order valence-electron chi connectivity index (χ2n) is 5.81. The van der Waals surface area contributed by atoms with Gasteiger partial charge in [0.15, 0.2) is 0 Å². The molecule has 8 heteroatoms. The van der Waals surface area contributed by atoms with Crippen LogP contribution in [0.15, 0.2) is 24.3 Å². The van der Waals surface area contributed by atoms with Crippen LogP contribution in [-0.2, 0) is 9.59 Å². The van der Waals surface area contributed by atoms with Crippen LogP contribution in [0.4, 0.5) is 18.9 Å². The summed E-state index contributed by atoms with van der Waals surface area (Å²) in [6.45, 7) is 0.919. The molecule has 0 radical (unpaired) electrons. The van der Waals surface area contributed by atoms with Gasteiger partial charge in [-0.2, -0.15) is 0 Å². The van der Waals surface area contributed by atoms with E-state index < -0.39 is 11.8 Å². The molecule has 1 N–H and O–H groups in total. The molecule has 2 heterocycles. The fraction of sp³-hybridized carbons (Fsp3) is 0.467. The summed E-state index contributed by atoms with van der Waals surface area (Å²) in [5, 5.41) is 2.70.